The smallest absolute Gasteiger partial charge is 0.416 e. The highest BCUT2D eigenvalue weighted by atomic mass is 35.5. The van der Waals surface area contributed by atoms with E-state index in [0.717, 1.165) is 25.1 Å². The standard InChI is InChI=1S/C21H14Cl3F6NO2/c1-10(32)33-8-12-3-2-11(4-14(12)20(25,26)27)17-7-19(9-31-17,21(28,29)30)13-5-15(22)18(24)16(23)6-13/h2-6H,7-9H2,1H3. The summed E-state index contributed by atoms with van der Waals surface area (Å²) in [5.41, 5.74) is -4.61. The Balaban J connectivity index is 2.03. The van der Waals surface area contributed by atoms with Crippen molar-refractivity contribution in [3.05, 3.63) is 67.7 Å². The predicted octanol–water partition coefficient (Wildman–Crippen LogP) is 7.42. The number of aliphatic imine (C=N–C) groups is 1. The largest absolute Gasteiger partial charge is 0.461 e. The molecule has 1 aliphatic rings. The fraction of sp³-hybridized carbons (Fsp3) is 0.333. The highest BCUT2D eigenvalue weighted by Gasteiger charge is 2.58. The van der Waals surface area contributed by atoms with Crippen LogP contribution in [0.25, 0.3) is 0 Å². The molecule has 0 saturated carbocycles. The third-order valence-electron chi connectivity index (χ3n) is 5.27. The monoisotopic (exact) mass is 531 g/mol. The zero-order valence-corrected chi connectivity index (χ0v) is 18.9. The molecule has 12 heteroatoms. The maximum atomic E-state index is 14.2. The minimum Gasteiger partial charge on any atom is -0.461 e. The van der Waals surface area contributed by atoms with Gasteiger partial charge in [0.25, 0.3) is 0 Å². The van der Waals surface area contributed by atoms with Crippen molar-refractivity contribution in [1.29, 1.82) is 0 Å². The van der Waals surface area contributed by atoms with Gasteiger partial charge in [-0.1, -0.05) is 46.9 Å². The van der Waals surface area contributed by atoms with Crippen molar-refractivity contribution in [2.24, 2.45) is 4.99 Å². The molecule has 2 aromatic carbocycles. The highest BCUT2D eigenvalue weighted by molar-refractivity contribution is 6.48. The van der Waals surface area contributed by atoms with Crippen molar-refractivity contribution < 1.29 is 35.9 Å². The van der Waals surface area contributed by atoms with Gasteiger partial charge in [0, 0.05) is 24.6 Å². The minimum atomic E-state index is -4.83. The SMILES string of the molecule is CC(=O)OCc1ccc(C2=NCC(c3cc(Cl)c(Cl)c(Cl)c3)(C(F)(F)F)C2)cc1C(F)(F)F. The lowest BCUT2D eigenvalue weighted by atomic mass is 9.76. The quantitative estimate of drug-likeness (QED) is 0.233. The molecule has 0 saturated heterocycles. The Morgan fingerprint density at radius 1 is 1.06 bits per heavy atom. The molecule has 178 valence electrons. The van der Waals surface area contributed by atoms with Crippen LogP contribution in [-0.4, -0.2) is 24.4 Å². The second-order valence-corrected chi connectivity index (χ2v) is 8.62. The van der Waals surface area contributed by atoms with E-state index in [4.69, 9.17) is 34.8 Å². The molecule has 0 aromatic heterocycles. The molecule has 33 heavy (non-hydrogen) atoms. The highest BCUT2D eigenvalue weighted by Crippen LogP contribution is 2.50. The van der Waals surface area contributed by atoms with Crippen LogP contribution in [0.3, 0.4) is 0 Å². The molecule has 0 spiro atoms. The third-order valence-corrected chi connectivity index (χ3v) is 6.46. The summed E-state index contributed by atoms with van der Waals surface area (Å²) < 4.78 is 88.1. The van der Waals surface area contributed by atoms with Gasteiger partial charge < -0.3 is 4.74 Å². The molecule has 1 aliphatic heterocycles. The van der Waals surface area contributed by atoms with Gasteiger partial charge in [0.1, 0.15) is 12.0 Å². The lowest BCUT2D eigenvalue weighted by Gasteiger charge is -2.32. The summed E-state index contributed by atoms with van der Waals surface area (Å²) in [7, 11) is 0. The van der Waals surface area contributed by atoms with Crippen molar-refractivity contribution in [3.63, 3.8) is 0 Å². The molecule has 1 heterocycles. The maximum Gasteiger partial charge on any atom is 0.416 e. The van der Waals surface area contributed by atoms with Crippen molar-refractivity contribution in [2.45, 2.75) is 37.7 Å². The molecule has 1 unspecified atom stereocenters. The number of nitrogens with zero attached hydrogens (tertiary/aromatic N) is 1. The molecule has 0 amide bonds. The Morgan fingerprint density at radius 3 is 2.18 bits per heavy atom. The number of esters is 1. The molecular formula is C21H14Cl3F6NO2. The summed E-state index contributed by atoms with van der Waals surface area (Å²) in [4.78, 5) is 14.9. The predicted molar refractivity (Wildman–Crippen MR) is 112 cm³/mol. The first-order valence-corrected chi connectivity index (χ1v) is 10.4. The summed E-state index contributed by atoms with van der Waals surface area (Å²) in [5.74, 6) is -0.775. The number of alkyl halides is 6. The van der Waals surface area contributed by atoms with Crippen molar-refractivity contribution in [1.82, 2.24) is 0 Å². The zero-order chi connectivity index (χ0) is 24.8. The van der Waals surface area contributed by atoms with Crippen LogP contribution in [0.5, 0.6) is 0 Å². The number of rotatable bonds is 4. The van der Waals surface area contributed by atoms with Crippen LogP contribution >= 0.6 is 34.8 Å². The van der Waals surface area contributed by atoms with E-state index >= 15 is 0 Å². The molecular weight excluding hydrogens is 519 g/mol. The Morgan fingerprint density at radius 2 is 1.67 bits per heavy atom. The molecule has 0 bridgehead atoms. The van der Waals surface area contributed by atoms with Gasteiger partial charge in [0.05, 0.1) is 27.2 Å². The summed E-state index contributed by atoms with van der Waals surface area (Å²) >= 11 is 17.7. The van der Waals surface area contributed by atoms with Crippen LogP contribution in [0.2, 0.25) is 15.1 Å². The van der Waals surface area contributed by atoms with Gasteiger partial charge in [0.15, 0.2) is 0 Å². The zero-order valence-electron chi connectivity index (χ0n) is 16.7. The lowest BCUT2D eigenvalue weighted by Crippen LogP contribution is -2.43. The van der Waals surface area contributed by atoms with E-state index in [1.165, 1.54) is 6.07 Å². The molecule has 0 fully saturated rings. The molecule has 2 aromatic rings. The van der Waals surface area contributed by atoms with Gasteiger partial charge in [-0.2, -0.15) is 26.3 Å². The Bertz CT molecular complexity index is 1110. The Kier molecular flexibility index (Phi) is 6.99. The molecule has 0 radical (unpaired) electrons. The minimum absolute atomic E-state index is 0.114. The van der Waals surface area contributed by atoms with E-state index in [2.05, 4.69) is 9.73 Å². The van der Waals surface area contributed by atoms with Crippen molar-refractivity contribution >= 4 is 46.5 Å². The van der Waals surface area contributed by atoms with Crippen LogP contribution < -0.4 is 0 Å². The molecule has 3 nitrogen and oxygen atoms in total. The van der Waals surface area contributed by atoms with Gasteiger partial charge in [-0.05, 0) is 29.3 Å². The van der Waals surface area contributed by atoms with Crippen LogP contribution in [-0.2, 0) is 27.7 Å². The van der Waals surface area contributed by atoms with Gasteiger partial charge in [-0.3, -0.25) is 9.79 Å². The van der Waals surface area contributed by atoms with E-state index < -0.39 is 48.9 Å². The first-order valence-electron chi connectivity index (χ1n) is 9.24. The number of benzene rings is 2. The number of carbonyl (C=O) groups excluding carboxylic acids is 1. The summed E-state index contributed by atoms with van der Waals surface area (Å²) in [6.07, 6.45) is -10.4. The van der Waals surface area contributed by atoms with Crippen LogP contribution in [0.4, 0.5) is 26.3 Å². The average molecular weight is 533 g/mol. The Labute approximate surface area is 199 Å². The number of ether oxygens (including phenoxy) is 1. The first kappa shape index (κ1) is 25.6. The molecule has 3 rings (SSSR count). The van der Waals surface area contributed by atoms with Crippen LogP contribution in [0.1, 0.15) is 35.6 Å². The molecule has 0 aliphatic carbocycles. The number of carbonyl (C=O) groups is 1. The van der Waals surface area contributed by atoms with Crippen LogP contribution in [0, 0.1) is 0 Å². The lowest BCUT2D eigenvalue weighted by molar-refractivity contribution is -0.183. The number of hydrogen-bond acceptors (Lipinski definition) is 3. The van der Waals surface area contributed by atoms with Gasteiger partial charge in [-0.15, -0.1) is 0 Å². The van der Waals surface area contributed by atoms with E-state index in [0.29, 0.717) is 6.07 Å². The average Bonchev–Trinajstić information content (AvgIpc) is 3.16. The van der Waals surface area contributed by atoms with E-state index in [1.807, 2.05) is 0 Å². The summed E-state index contributed by atoms with van der Waals surface area (Å²) in [6, 6.07) is 5.02. The number of hydrogen-bond donors (Lipinski definition) is 0. The second kappa shape index (κ2) is 9.00. The van der Waals surface area contributed by atoms with Gasteiger partial charge in [-0.25, -0.2) is 0 Å². The Hall–Kier alpha value is -1.97. The van der Waals surface area contributed by atoms with Gasteiger partial charge in [0.2, 0.25) is 0 Å². The topological polar surface area (TPSA) is 38.7 Å². The van der Waals surface area contributed by atoms with Gasteiger partial charge >= 0.3 is 18.3 Å². The number of halogens is 9. The summed E-state index contributed by atoms with van der Waals surface area (Å²) in [5, 5.41) is -0.493. The van der Waals surface area contributed by atoms with E-state index in [1.54, 1.807) is 0 Å². The van der Waals surface area contributed by atoms with Crippen molar-refractivity contribution in [3.8, 4) is 0 Å². The van der Waals surface area contributed by atoms with Crippen LogP contribution in [0.15, 0.2) is 35.3 Å². The van der Waals surface area contributed by atoms with E-state index in [-0.39, 0.29) is 37.5 Å². The third kappa shape index (κ3) is 5.10. The first-order chi connectivity index (χ1) is 15.2. The molecule has 0 N–H and O–H groups in total. The normalized spacial score (nSPS) is 18.9. The second-order valence-electron chi connectivity index (χ2n) is 7.42. The van der Waals surface area contributed by atoms with E-state index in [9.17, 15) is 31.1 Å². The fourth-order valence-corrected chi connectivity index (χ4v) is 4.12. The fourth-order valence-electron chi connectivity index (χ4n) is 3.53. The molecule has 1 atom stereocenters. The maximum absolute atomic E-state index is 14.2. The van der Waals surface area contributed by atoms with Crippen molar-refractivity contribution in [2.75, 3.05) is 6.54 Å². The summed E-state index contributed by atoms with van der Waals surface area (Å²) in [6.45, 7) is -0.358.